The van der Waals surface area contributed by atoms with Gasteiger partial charge in [0.15, 0.2) is 17.3 Å². The first-order valence-corrected chi connectivity index (χ1v) is 24.6. The highest BCUT2D eigenvalue weighted by atomic mass is 35.5. The fourth-order valence-electron chi connectivity index (χ4n) is 8.07. The molecule has 0 N–H and O–H groups in total. The largest absolute Gasteiger partial charge is 0.449 e. The molecule has 364 valence electrons. The van der Waals surface area contributed by atoms with Crippen LogP contribution in [0.25, 0.3) is 0 Å². The number of halogens is 1. The van der Waals surface area contributed by atoms with E-state index in [0.29, 0.717) is 33.4 Å². The Labute approximate surface area is 420 Å². The van der Waals surface area contributed by atoms with Crippen LogP contribution < -0.4 is 14.7 Å². The number of carbonyl (C=O) groups is 4. The van der Waals surface area contributed by atoms with Crippen molar-refractivity contribution in [2.75, 3.05) is 54.0 Å². The molecule has 0 atom stereocenters. The number of benzene rings is 4. The molecule has 3 aliphatic rings. The Hall–Kier alpha value is -7.71. The summed E-state index contributed by atoms with van der Waals surface area (Å²) in [6.07, 6.45) is 20.8. The van der Waals surface area contributed by atoms with Gasteiger partial charge >= 0.3 is 5.43 Å². The highest BCUT2D eigenvalue weighted by molar-refractivity contribution is 6.61. The molecule has 7 aromatic rings. The Morgan fingerprint density at radius 3 is 0.873 bits per heavy atom. The molecule has 3 aliphatic heterocycles. The van der Waals surface area contributed by atoms with E-state index in [4.69, 9.17) is 11.6 Å². The zero-order chi connectivity index (χ0) is 49.5. The third-order valence-electron chi connectivity index (χ3n) is 11.9. The first-order chi connectivity index (χ1) is 34.8. The van der Waals surface area contributed by atoms with Gasteiger partial charge in [-0.05, 0) is 63.4 Å². The molecular weight excluding hydrogens is 914 g/mol. The Morgan fingerprint density at radius 2 is 0.620 bits per heavy atom. The van der Waals surface area contributed by atoms with Gasteiger partial charge in [0.1, 0.15) is 6.61 Å². The van der Waals surface area contributed by atoms with Gasteiger partial charge in [-0.3, -0.25) is 14.4 Å². The van der Waals surface area contributed by atoms with E-state index in [1.807, 2.05) is 84.9 Å². The second kappa shape index (κ2) is 27.5. The lowest BCUT2D eigenvalue weighted by Crippen LogP contribution is -2.31. The number of hydrogen-bond donors (Lipinski definition) is 0. The maximum Gasteiger partial charge on any atom is 0.404 e. The van der Waals surface area contributed by atoms with E-state index in [0.717, 1.165) is 62.7 Å². The normalized spacial score (nSPS) is 14.2. The minimum atomic E-state index is -0.770. The topological polar surface area (TPSA) is 165 Å². The van der Waals surface area contributed by atoms with Gasteiger partial charge in [-0.1, -0.05) is 121 Å². The number of anilines is 3. The third-order valence-corrected chi connectivity index (χ3v) is 12.0. The quantitative estimate of drug-likeness (QED) is 0.0888. The second-order valence-corrected chi connectivity index (χ2v) is 17.4. The van der Waals surface area contributed by atoms with E-state index < -0.39 is 5.43 Å². The molecule has 15 heteroatoms. The molecule has 0 aliphatic carbocycles. The maximum absolute atomic E-state index is 12.2. The lowest BCUT2D eigenvalue weighted by molar-refractivity contribution is 0.103. The predicted molar refractivity (Wildman–Crippen MR) is 276 cm³/mol. The van der Waals surface area contributed by atoms with Crippen LogP contribution in [0.5, 0.6) is 0 Å². The molecule has 3 saturated heterocycles. The summed E-state index contributed by atoms with van der Waals surface area (Å²) >= 11 is 4.97. The van der Waals surface area contributed by atoms with Crippen molar-refractivity contribution in [3.05, 3.63) is 197 Å². The molecule has 4 aromatic carbocycles. The molecule has 0 radical (unpaired) electrons. The molecule has 0 unspecified atom stereocenters. The van der Waals surface area contributed by atoms with Crippen LogP contribution in [0.4, 0.5) is 22.6 Å². The Balaban J connectivity index is 0.000000142. The van der Waals surface area contributed by atoms with E-state index in [-0.39, 0.29) is 24.0 Å². The molecule has 3 aromatic heterocycles. The highest BCUT2D eigenvalue weighted by Gasteiger charge is 2.18. The van der Waals surface area contributed by atoms with Gasteiger partial charge in [0.25, 0.3) is 0 Å². The molecule has 6 heterocycles. The van der Waals surface area contributed by atoms with Crippen molar-refractivity contribution in [3.63, 3.8) is 0 Å². The lowest BCUT2D eigenvalue weighted by Gasteiger charge is -2.26. The van der Waals surface area contributed by atoms with Gasteiger partial charge in [-0.15, -0.1) is 0 Å². The number of ketones is 3. The van der Waals surface area contributed by atoms with E-state index >= 15 is 0 Å². The summed E-state index contributed by atoms with van der Waals surface area (Å²) in [5, 5.41) is 0. The van der Waals surface area contributed by atoms with Crippen molar-refractivity contribution >= 4 is 52.2 Å². The summed E-state index contributed by atoms with van der Waals surface area (Å²) in [5.74, 6) is 2.10. The Kier molecular flexibility index (Phi) is 19.8. The van der Waals surface area contributed by atoms with Crippen molar-refractivity contribution in [3.8, 4) is 0 Å². The highest BCUT2D eigenvalue weighted by Crippen LogP contribution is 2.19. The number of piperidine rings is 3. The van der Waals surface area contributed by atoms with Gasteiger partial charge in [-0.25, -0.2) is 34.7 Å². The van der Waals surface area contributed by atoms with Crippen molar-refractivity contribution in [2.45, 2.75) is 64.4 Å². The third kappa shape index (κ3) is 15.9. The summed E-state index contributed by atoms with van der Waals surface area (Å²) in [7, 11) is 0. The van der Waals surface area contributed by atoms with Crippen LogP contribution in [-0.4, -0.2) is 92.0 Å². The zero-order valence-corrected chi connectivity index (χ0v) is 40.5. The molecule has 71 heavy (non-hydrogen) atoms. The zero-order valence-electron chi connectivity index (χ0n) is 39.8. The number of carbonyl (C=O) groups excluding carboxylic acids is 4. The summed E-state index contributed by atoms with van der Waals surface area (Å²) in [4.78, 5) is 79.5. The Bertz CT molecular complexity index is 2440. The average Bonchev–Trinajstić information content (AvgIpc) is 3.46. The van der Waals surface area contributed by atoms with Crippen molar-refractivity contribution in [2.24, 2.45) is 0 Å². The van der Waals surface area contributed by atoms with E-state index in [1.54, 1.807) is 73.6 Å². The summed E-state index contributed by atoms with van der Waals surface area (Å²) in [5.41, 5.74) is 3.78. The van der Waals surface area contributed by atoms with E-state index in [2.05, 4.69) is 49.3 Å². The van der Waals surface area contributed by atoms with Gasteiger partial charge in [-0.2, -0.15) is 0 Å². The molecule has 14 nitrogen and oxygen atoms in total. The van der Waals surface area contributed by atoms with Crippen molar-refractivity contribution in [1.29, 1.82) is 0 Å². The minimum Gasteiger partial charge on any atom is -0.449 e. The molecule has 3 fully saturated rings. The molecule has 0 spiro atoms. The van der Waals surface area contributed by atoms with Crippen molar-refractivity contribution < 1.29 is 23.9 Å². The van der Waals surface area contributed by atoms with Crippen LogP contribution in [-0.2, 0) is 11.3 Å². The second-order valence-electron chi connectivity index (χ2n) is 17.1. The number of hydrogen-bond acceptors (Lipinski definition) is 14. The van der Waals surface area contributed by atoms with Gasteiger partial charge < -0.3 is 19.4 Å². The smallest absolute Gasteiger partial charge is 0.404 e. The van der Waals surface area contributed by atoms with Gasteiger partial charge in [0, 0.05) is 105 Å². The molecular formula is C56H58ClN9O5. The first-order valence-electron chi connectivity index (χ1n) is 24.2. The maximum atomic E-state index is 12.2. The van der Waals surface area contributed by atoms with Gasteiger partial charge in [0.2, 0.25) is 17.8 Å². The standard InChI is InChI=1S/3C16H17N3O.C8H7ClO2/c3*20-15(13-7-3-1-4-8-13)14-11-17-16(18-12-14)19-9-5-2-6-10-19;9-8(10)11-6-7-4-2-1-3-5-7/h3*1,3-4,7-8,11-12H,2,5-6,9-10H2;1-5H,6H2. The van der Waals surface area contributed by atoms with Gasteiger partial charge in [0.05, 0.1) is 16.7 Å². The first kappa shape index (κ1) is 51.1. The lowest BCUT2D eigenvalue weighted by atomic mass is 10.1. The van der Waals surface area contributed by atoms with Crippen LogP contribution in [0.3, 0.4) is 0 Å². The fraction of sp³-hybridized carbons (Fsp3) is 0.286. The van der Waals surface area contributed by atoms with E-state index in [1.165, 1.54) is 57.8 Å². The minimum absolute atomic E-state index is 0.0317. The number of aromatic nitrogens is 6. The predicted octanol–water partition coefficient (Wildman–Crippen LogP) is 10.7. The van der Waals surface area contributed by atoms with E-state index in [9.17, 15) is 19.2 Å². The molecule has 0 bridgehead atoms. The molecule has 0 amide bonds. The van der Waals surface area contributed by atoms with Crippen LogP contribution in [0, 0.1) is 0 Å². The Morgan fingerprint density at radius 1 is 0.366 bits per heavy atom. The molecule has 0 saturated carbocycles. The SMILES string of the molecule is O=C(Cl)OCc1ccccc1.O=C(c1ccccc1)c1cnc(N2CCCCC2)nc1.O=C(c1ccccc1)c1cnc(N2CCCCC2)nc1.O=C(c1ccccc1)c1cnc(N2CCCCC2)nc1. The fourth-order valence-corrected chi connectivity index (χ4v) is 8.12. The summed E-state index contributed by atoms with van der Waals surface area (Å²) < 4.78 is 4.55. The number of ether oxygens (including phenoxy) is 1. The van der Waals surface area contributed by atoms with Crippen LogP contribution in [0.15, 0.2) is 159 Å². The van der Waals surface area contributed by atoms with Crippen LogP contribution in [0.2, 0.25) is 0 Å². The molecule has 10 rings (SSSR count). The number of nitrogens with zero attached hydrogens (tertiary/aromatic N) is 9. The average molecular weight is 973 g/mol. The van der Waals surface area contributed by atoms with Crippen LogP contribution >= 0.6 is 11.6 Å². The summed E-state index contributed by atoms with van der Waals surface area (Å²) in [6.45, 7) is 6.27. The summed E-state index contributed by atoms with van der Waals surface area (Å²) in [6, 6.07) is 37.0. The monoisotopic (exact) mass is 971 g/mol. The van der Waals surface area contributed by atoms with Crippen molar-refractivity contribution in [1.82, 2.24) is 29.9 Å². The van der Waals surface area contributed by atoms with Crippen LogP contribution in [0.1, 0.15) is 111 Å². The number of rotatable bonds is 11.